The smallest absolute Gasteiger partial charge is 0.497 e. The second kappa shape index (κ2) is 48.3. The summed E-state index contributed by atoms with van der Waals surface area (Å²) in [5, 5.41) is 51.2. The number of fused-ring (bicyclic) bond motifs is 6. The summed E-state index contributed by atoms with van der Waals surface area (Å²) in [5.41, 5.74) is 15.0. The molecule has 7 aliphatic rings. The highest BCUT2D eigenvalue weighted by atomic mass is 31.2. The van der Waals surface area contributed by atoms with E-state index >= 15 is 9.13 Å². The number of anilines is 3. The molecule has 9 aromatic rings. The van der Waals surface area contributed by atoms with Gasteiger partial charge in [0.1, 0.15) is 109 Å². The van der Waals surface area contributed by atoms with Crippen LogP contribution >= 0.6 is 31.3 Å². The van der Waals surface area contributed by atoms with Gasteiger partial charge >= 0.3 is 118 Å². The highest BCUT2D eigenvalue weighted by Gasteiger charge is 2.64. The average Bonchev–Trinajstić information content (AvgIpc) is 0.826. The first-order valence-electron chi connectivity index (χ1n) is 44.0. The monoisotopic (exact) mass is 2230 g/mol. The van der Waals surface area contributed by atoms with Gasteiger partial charge in [0.2, 0.25) is 5.95 Å². The summed E-state index contributed by atoms with van der Waals surface area (Å²) in [6, 6.07) is 25.6. The predicted octanol–water partition coefficient (Wildman–Crippen LogP) is 2.27. The number of methoxy groups -OCH3 is 1. The number of ether oxygens (including phenoxy) is 7. The molecule has 12 N–H and O–H groups in total. The van der Waals surface area contributed by atoms with Crippen LogP contribution < -0.4 is 49.2 Å². The van der Waals surface area contributed by atoms with Crippen molar-refractivity contribution in [3.05, 3.63) is 180 Å². The van der Waals surface area contributed by atoms with Crippen LogP contribution in [0.1, 0.15) is 85.7 Å². The topological polar surface area (TPSA) is 716 Å². The van der Waals surface area contributed by atoms with Crippen LogP contribution in [0.25, 0.3) is 22.3 Å². The number of nitrogens with zero attached hydrogens (tertiary/aromatic N) is 11. The Morgan fingerprint density at radius 3 is 1.69 bits per heavy atom. The predicted molar refractivity (Wildman–Crippen MR) is 498 cm³/mol. The van der Waals surface area contributed by atoms with Gasteiger partial charge < -0.3 is 112 Å². The number of nitrogens with two attached hydrogens (primary N) is 3. The minimum Gasteiger partial charge on any atom is -0.497 e. The lowest BCUT2D eigenvalue weighted by Gasteiger charge is -2.45. The molecule has 0 amide bonds. The number of nitrogens with one attached hydrogen (secondary N) is 2. The molecule has 57 nitrogen and oxygen atoms in total. The first kappa shape index (κ1) is 109. The van der Waals surface area contributed by atoms with Crippen LogP contribution in [0.5, 0.6) is 11.5 Å². The minimum absolute atomic E-state index is 0.0229. The summed E-state index contributed by atoms with van der Waals surface area (Å²) in [6.07, 6.45) is -11.1. The van der Waals surface area contributed by atoms with E-state index < -0.39 is 261 Å². The van der Waals surface area contributed by atoms with Gasteiger partial charge in [0.15, 0.2) is 22.6 Å². The summed E-state index contributed by atoms with van der Waals surface area (Å²) in [6.45, 7) is -3.41. The van der Waals surface area contributed by atoms with Crippen molar-refractivity contribution in [2.24, 2.45) is 0 Å². The molecule has 4 bridgehead atoms. The molecule has 6 aromatic heterocycles. The van der Waals surface area contributed by atoms with Gasteiger partial charge in [-0.05, 0) is 53.9 Å². The number of rotatable bonds is 47. The number of imidazole rings is 2. The molecule has 0 aliphatic carbocycles. The molecule has 3 aromatic carbocycles. The van der Waals surface area contributed by atoms with Crippen LogP contribution in [0.4, 0.5) is 17.6 Å². The number of aliphatic hydroxyl groups excluding tert-OH is 4. The van der Waals surface area contributed by atoms with Crippen molar-refractivity contribution in [1.29, 1.82) is 5.26 Å². The van der Waals surface area contributed by atoms with Gasteiger partial charge in [0.05, 0.1) is 84.6 Å². The molecule has 0 spiro atoms. The summed E-state index contributed by atoms with van der Waals surface area (Å²) >= 11 is 0. The van der Waals surface area contributed by atoms with Crippen molar-refractivity contribution in [3.63, 3.8) is 0 Å². The van der Waals surface area contributed by atoms with Gasteiger partial charge in [-0.1, -0.05) is 54.6 Å². The Morgan fingerprint density at radius 1 is 0.562 bits per heavy atom. The van der Waals surface area contributed by atoms with E-state index in [0.29, 0.717) is 28.2 Å². The Hall–Kier alpha value is -7.97. The molecule has 16 rings (SSSR count). The highest BCUT2D eigenvalue weighted by Crippen LogP contribution is 2.59. The normalized spacial score (nSPS) is 26.9. The van der Waals surface area contributed by atoms with E-state index in [9.17, 15) is 54.0 Å². The van der Waals surface area contributed by atoms with Crippen molar-refractivity contribution in [1.82, 2.24) is 58.1 Å². The Kier molecular flexibility index (Phi) is 36.5. The van der Waals surface area contributed by atoms with Crippen molar-refractivity contribution in [2.45, 2.75) is 143 Å². The van der Waals surface area contributed by atoms with Crippen LogP contribution in [0, 0.1) is 18.3 Å². The Labute approximate surface area is 831 Å². The van der Waals surface area contributed by atoms with Gasteiger partial charge in [0.25, 0.3) is 11.1 Å². The zero-order valence-corrected chi connectivity index (χ0v) is 88.5. The van der Waals surface area contributed by atoms with Gasteiger partial charge in [-0.25, -0.2) is 47.8 Å². The van der Waals surface area contributed by atoms with Crippen molar-refractivity contribution in [3.8, 4) is 17.6 Å². The number of phosphoric acid groups is 4. The van der Waals surface area contributed by atoms with E-state index in [1.54, 1.807) is 66.7 Å². The number of aryl methyl sites for hydroxylation is 1. The Balaban J connectivity index is 0.627. The third kappa shape index (κ3) is 25.8. The molecule has 7 saturated heterocycles. The van der Waals surface area contributed by atoms with E-state index in [0.717, 1.165) is 30.5 Å². The Morgan fingerprint density at radius 2 is 1.10 bits per heavy atom. The van der Waals surface area contributed by atoms with E-state index in [4.69, 9.17) is 146 Å². The average molecular weight is 2230 g/mol. The number of phosphoric ester groups is 4. The minimum atomic E-state index is -5.04. The summed E-state index contributed by atoms with van der Waals surface area (Å²) in [4.78, 5) is 82.6. The quantitative estimate of drug-likeness (QED) is 0.0114. The summed E-state index contributed by atoms with van der Waals surface area (Å²) in [7, 11) is -35.7. The van der Waals surface area contributed by atoms with Gasteiger partial charge in [-0.2, -0.15) is 15.2 Å². The van der Waals surface area contributed by atoms with E-state index in [1.165, 1.54) is 60.6 Å². The summed E-state index contributed by atoms with van der Waals surface area (Å²) in [5.74, 6) is 0.466. The molecule has 8 radical (unpaired) electrons. The molecule has 144 heavy (non-hydrogen) atoms. The molecule has 7 fully saturated rings. The molecule has 13 heterocycles. The van der Waals surface area contributed by atoms with E-state index in [1.807, 2.05) is 18.2 Å². The molecular formula is C75H98N16O41P4Si8. The fourth-order valence-electron chi connectivity index (χ4n) is 15.8. The zero-order valence-electron chi connectivity index (χ0n) is 76.9. The highest BCUT2D eigenvalue weighted by molar-refractivity contribution is 7.49. The molecule has 69 heteroatoms. The lowest BCUT2D eigenvalue weighted by atomic mass is 9.80. The second-order valence-corrected chi connectivity index (χ2v) is 54.3. The van der Waals surface area contributed by atoms with E-state index in [-0.39, 0.29) is 122 Å². The molecule has 11 unspecified atom stereocenters. The number of aromatic amines is 2. The molecule has 0 saturated carbocycles. The number of aliphatic hydroxyl groups is 4. The number of aromatic nitrogens is 12. The zero-order chi connectivity index (χ0) is 102. The number of nitriles is 1. The fraction of sp³-hybridized carbons (Fsp3) is 0.507. The number of H-pyrrole nitrogens is 2. The maximum atomic E-state index is 15.7. The van der Waals surface area contributed by atoms with Crippen molar-refractivity contribution < 1.29 is 167 Å². The molecule has 19 atom stereocenters. The lowest BCUT2D eigenvalue weighted by molar-refractivity contribution is -0.0956. The third-order valence-corrected chi connectivity index (χ3v) is 47.8. The molecule has 7 aliphatic heterocycles. The largest absolute Gasteiger partial charge is 0.551 e. The summed E-state index contributed by atoms with van der Waals surface area (Å²) < 4.78 is 243. The first-order chi connectivity index (χ1) is 69.3. The number of hydrogen-bond acceptors (Lipinski definition) is 51. The second-order valence-electron chi connectivity index (χ2n) is 31.9. The maximum Gasteiger partial charge on any atom is 0.551 e. The fourth-order valence-corrected chi connectivity index (χ4v) is 42.8. The van der Waals surface area contributed by atoms with Crippen LogP contribution in [0.15, 0.2) is 135 Å². The first-order valence-corrected chi connectivity index (χ1v) is 60.8. The lowest BCUT2D eigenvalue weighted by Crippen LogP contribution is -2.70. The van der Waals surface area contributed by atoms with Gasteiger partial charge in [-0.3, -0.25) is 92.1 Å². The maximum absolute atomic E-state index is 15.7. The standard InChI is InChI=1S/C75H98N16O41P4Si8/c1-46-37-89(74(99)87-70(46)96)62-34-53(57(117-62)38-109-75(47-11-7-6-8-12-47,48-13-17-50(104-2)18-14-48)49-15-19-51(20-16-49)108-27-10-29-111-136(103,110-28-9-22-76)115-45-140-124-138-126-142-127-141-125-137-123-139(30-24-92)128-143(130-141,31-25-93)132-144(129-140,131-142)32-26-94)120-134(101,106-4)113-41-59-55(36-64(119-59)91-44-83-66-69(91)85-72(79)86-71(66)97)122-135(102,107-5)114-40-58-54(35-63(118-58)90-43-82-65-67(78)80-42-81-68(65)90)121-133(100,105-3)112-39-56-52(95)33-61(116-56)88-23-21-60(77)84-73(88)98/h6-8,11-21,23,37,42-44,52-59,61-64,92-95H,9-10,24-36,38-41,45H2,1-5H3,(H2,77,84,98)(H2,78,80,81)(H,87,96,99)(H3,79,85,86,97)/t52?,53?,54?,55?,56-,57-,58-,59-,61-,62-,63-,64-,75?,133?,134?,135?,136?,143?,144?/m1/s1. The number of benzene rings is 3. The molecular weight excluding hydrogens is 2130 g/mol. The van der Waals surface area contributed by atoms with Crippen molar-refractivity contribution >= 4 is 146 Å². The third-order valence-electron chi connectivity index (χ3n) is 22.7. The number of nitrogen functional groups attached to an aromatic ring is 3. The van der Waals surface area contributed by atoms with Crippen LogP contribution in [0.2, 0.25) is 18.1 Å². The molecule has 776 valence electrons. The van der Waals surface area contributed by atoms with Gasteiger partial charge in [0, 0.05) is 109 Å². The van der Waals surface area contributed by atoms with Crippen LogP contribution in [-0.2, 0) is 143 Å². The SMILES string of the molecule is COc1ccc(C(OC[C@H]2O[C@@H](n3cc(C)c(=O)[nH]c3=O)CC2OP(=O)(OC)OC[C@H]2O[C@@H](n3cnc4c(=O)[nH]c(N)nc43)CC2OP(=O)(OC)OC[C@H]2O[C@@H](n3cnc4c(N)ncnc43)CC2OP(=O)(OC)OC[C@H]2O[C@@H](n3ccc(N)nc3=O)CC2O)(c2ccccc2)c2ccc(OCCCOP(=O)(OCCC#N)OC[Si]3O[Si]O[Si]4O[Si]5O[Si]O[Si](CCO)O[Si](CCO)(O5)O[Si](CCO)(O3)O4)cc2)cc1. The Bertz CT molecular complexity index is 6390. The number of hydrogen-bond donors (Lipinski definition) is 9. The van der Waals surface area contributed by atoms with Gasteiger partial charge in [-0.15, -0.1) is 0 Å². The van der Waals surface area contributed by atoms with Crippen LogP contribution in [0.3, 0.4) is 0 Å². The van der Waals surface area contributed by atoms with Crippen molar-refractivity contribution in [2.75, 3.05) is 118 Å². The van der Waals surface area contributed by atoms with E-state index in [2.05, 4.69) is 39.9 Å². The van der Waals surface area contributed by atoms with Crippen LogP contribution in [-0.4, -0.2) is 303 Å².